The summed E-state index contributed by atoms with van der Waals surface area (Å²) >= 11 is 0. The van der Waals surface area contributed by atoms with Gasteiger partial charge in [0.05, 0.1) is 18.9 Å². The molecule has 1 saturated heterocycles. The first-order valence-electron chi connectivity index (χ1n) is 11.8. The van der Waals surface area contributed by atoms with Crippen molar-refractivity contribution in [2.45, 2.75) is 92.3 Å². The monoisotopic (exact) mass is 434 g/mol. The normalized spacial score (nSPS) is 18.6. The number of furan rings is 1. The highest BCUT2D eigenvalue weighted by Gasteiger charge is 2.29. The van der Waals surface area contributed by atoms with Crippen LogP contribution in [-0.4, -0.2) is 53.5 Å². The van der Waals surface area contributed by atoms with Crippen LogP contribution in [0.25, 0.3) is 0 Å². The Morgan fingerprint density at radius 3 is 2.52 bits per heavy atom. The van der Waals surface area contributed by atoms with Gasteiger partial charge < -0.3 is 19.0 Å². The molecular formula is C25H42N2O4. The highest BCUT2D eigenvalue weighted by atomic mass is 16.5. The molecule has 1 fully saturated rings. The van der Waals surface area contributed by atoms with Gasteiger partial charge in [-0.25, -0.2) is 0 Å². The molecule has 0 bridgehead atoms. The van der Waals surface area contributed by atoms with E-state index >= 15 is 0 Å². The fourth-order valence-electron chi connectivity index (χ4n) is 4.37. The van der Waals surface area contributed by atoms with Crippen molar-refractivity contribution in [3.63, 3.8) is 0 Å². The van der Waals surface area contributed by atoms with Gasteiger partial charge in [0.25, 0.3) is 0 Å². The van der Waals surface area contributed by atoms with E-state index in [9.17, 15) is 9.59 Å². The van der Waals surface area contributed by atoms with E-state index < -0.39 is 0 Å². The first kappa shape index (κ1) is 25.4. The predicted octanol–water partition coefficient (Wildman–Crippen LogP) is 4.88. The lowest BCUT2D eigenvalue weighted by molar-refractivity contribution is -0.144. The Labute approximate surface area is 188 Å². The molecule has 1 aromatic rings. The summed E-state index contributed by atoms with van der Waals surface area (Å²) in [4.78, 5) is 30.1. The molecule has 3 unspecified atom stereocenters. The van der Waals surface area contributed by atoms with Crippen molar-refractivity contribution in [3.05, 3.63) is 24.2 Å². The fourth-order valence-corrected chi connectivity index (χ4v) is 4.37. The summed E-state index contributed by atoms with van der Waals surface area (Å²) in [7, 11) is 0. The average Bonchev–Trinajstić information content (AvgIpc) is 3.37. The summed E-state index contributed by atoms with van der Waals surface area (Å²) in [5.74, 6) is 1.03. The molecule has 2 amide bonds. The molecule has 31 heavy (non-hydrogen) atoms. The maximum absolute atomic E-state index is 13.3. The van der Waals surface area contributed by atoms with Crippen molar-refractivity contribution in [1.29, 1.82) is 0 Å². The van der Waals surface area contributed by atoms with Crippen molar-refractivity contribution in [2.24, 2.45) is 11.3 Å². The highest BCUT2D eigenvalue weighted by Crippen LogP contribution is 2.27. The number of hydrogen-bond acceptors (Lipinski definition) is 4. The molecule has 0 saturated carbocycles. The van der Waals surface area contributed by atoms with E-state index in [1.165, 1.54) is 0 Å². The van der Waals surface area contributed by atoms with Crippen LogP contribution in [0, 0.1) is 11.3 Å². The van der Waals surface area contributed by atoms with E-state index in [1.807, 2.05) is 19.1 Å². The predicted molar refractivity (Wildman–Crippen MR) is 122 cm³/mol. The average molecular weight is 435 g/mol. The van der Waals surface area contributed by atoms with Gasteiger partial charge in [-0.1, -0.05) is 34.6 Å². The van der Waals surface area contributed by atoms with Gasteiger partial charge in [0, 0.05) is 25.6 Å². The number of carbonyl (C=O) groups excluding carboxylic acids is 2. The first-order valence-corrected chi connectivity index (χ1v) is 11.8. The van der Waals surface area contributed by atoms with Crippen molar-refractivity contribution >= 4 is 11.8 Å². The molecule has 0 spiro atoms. The number of hydrogen-bond donors (Lipinski definition) is 0. The number of carbonyl (C=O) groups is 2. The Kier molecular flexibility index (Phi) is 9.60. The summed E-state index contributed by atoms with van der Waals surface area (Å²) in [6.45, 7) is 14.6. The number of ether oxygens (including phenoxy) is 1. The van der Waals surface area contributed by atoms with Crippen LogP contribution in [0.1, 0.15) is 79.4 Å². The molecule has 0 aliphatic carbocycles. The molecule has 0 radical (unpaired) electrons. The van der Waals surface area contributed by atoms with Crippen molar-refractivity contribution in [1.82, 2.24) is 9.80 Å². The zero-order chi connectivity index (χ0) is 23.0. The third kappa shape index (κ3) is 8.68. The molecule has 0 aromatic carbocycles. The van der Waals surface area contributed by atoms with Gasteiger partial charge in [0.15, 0.2) is 0 Å². The molecule has 2 rings (SSSR count). The summed E-state index contributed by atoms with van der Waals surface area (Å²) in [5, 5.41) is 0. The van der Waals surface area contributed by atoms with Crippen LogP contribution in [0.15, 0.2) is 22.8 Å². The molecule has 6 nitrogen and oxygen atoms in total. The first-order chi connectivity index (χ1) is 14.6. The van der Waals surface area contributed by atoms with Crippen molar-refractivity contribution in [3.8, 4) is 0 Å². The minimum atomic E-state index is -0.0518. The second kappa shape index (κ2) is 11.7. The molecule has 1 aliphatic rings. The number of rotatable bonds is 11. The van der Waals surface area contributed by atoms with Crippen LogP contribution in [0.2, 0.25) is 0 Å². The lowest BCUT2D eigenvalue weighted by Gasteiger charge is -2.33. The van der Waals surface area contributed by atoms with Crippen LogP contribution in [0.3, 0.4) is 0 Å². The SMILES string of the molecule is CCC(C)N(CC(=O)N(Cc1ccco1)CC1CCCO1)C(=O)CC(C)CC(C)(C)C. The molecule has 1 aromatic heterocycles. The fraction of sp³-hybridized carbons (Fsp3) is 0.760. The van der Waals surface area contributed by atoms with Gasteiger partial charge in [0.1, 0.15) is 12.3 Å². The van der Waals surface area contributed by atoms with E-state index in [0.29, 0.717) is 19.5 Å². The van der Waals surface area contributed by atoms with Gasteiger partial charge >= 0.3 is 0 Å². The van der Waals surface area contributed by atoms with Crippen LogP contribution < -0.4 is 0 Å². The Bertz CT molecular complexity index is 674. The van der Waals surface area contributed by atoms with Crippen molar-refractivity contribution in [2.75, 3.05) is 19.7 Å². The van der Waals surface area contributed by atoms with Gasteiger partial charge in [0.2, 0.25) is 11.8 Å². The second-order valence-corrected chi connectivity index (χ2v) is 10.3. The van der Waals surface area contributed by atoms with Crippen LogP contribution in [0.5, 0.6) is 0 Å². The zero-order valence-corrected chi connectivity index (χ0v) is 20.4. The Balaban J connectivity index is 2.07. The number of nitrogens with zero attached hydrogens (tertiary/aromatic N) is 2. The lowest BCUT2D eigenvalue weighted by atomic mass is 9.84. The van der Waals surface area contributed by atoms with E-state index in [4.69, 9.17) is 9.15 Å². The van der Waals surface area contributed by atoms with Gasteiger partial charge in [-0.15, -0.1) is 0 Å². The quantitative estimate of drug-likeness (QED) is 0.498. The van der Waals surface area contributed by atoms with Gasteiger partial charge in [-0.3, -0.25) is 9.59 Å². The standard InChI is InChI=1S/C25H42N2O4/c1-7-20(3)27(23(28)14-19(2)15-25(4,5)6)18-24(29)26(16-21-10-8-12-30-21)17-22-11-9-13-31-22/h8,10,12,19-20,22H,7,9,11,13-18H2,1-6H3. The van der Waals surface area contributed by atoms with E-state index in [-0.39, 0.29) is 41.8 Å². The topological polar surface area (TPSA) is 63.0 Å². The second-order valence-electron chi connectivity index (χ2n) is 10.3. The van der Waals surface area contributed by atoms with Gasteiger partial charge in [-0.2, -0.15) is 0 Å². The molecule has 176 valence electrons. The Hall–Kier alpha value is -1.82. The lowest BCUT2D eigenvalue weighted by Crippen LogP contribution is -2.48. The molecule has 6 heteroatoms. The van der Waals surface area contributed by atoms with Crippen LogP contribution >= 0.6 is 0 Å². The number of amides is 2. The summed E-state index contributed by atoms with van der Waals surface area (Å²) in [5.41, 5.74) is 0.178. The third-order valence-electron chi connectivity index (χ3n) is 5.96. The molecule has 2 heterocycles. The Morgan fingerprint density at radius 2 is 1.97 bits per heavy atom. The van der Waals surface area contributed by atoms with Crippen LogP contribution in [0.4, 0.5) is 0 Å². The highest BCUT2D eigenvalue weighted by molar-refractivity contribution is 5.85. The minimum absolute atomic E-state index is 0.0199. The van der Waals surface area contributed by atoms with E-state index in [1.54, 1.807) is 16.1 Å². The third-order valence-corrected chi connectivity index (χ3v) is 5.96. The van der Waals surface area contributed by atoms with E-state index in [0.717, 1.165) is 38.1 Å². The maximum Gasteiger partial charge on any atom is 0.242 e. The van der Waals surface area contributed by atoms with E-state index in [2.05, 4.69) is 34.6 Å². The largest absolute Gasteiger partial charge is 0.467 e. The summed E-state index contributed by atoms with van der Waals surface area (Å²) < 4.78 is 11.3. The summed E-state index contributed by atoms with van der Waals surface area (Å²) in [6.07, 6.45) is 5.92. The maximum atomic E-state index is 13.3. The van der Waals surface area contributed by atoms with Crippen LogP contribution in [-0.2, 0) is 20.9 Å². The molecule has 1 aliphatic heterocycles. The smallest absolute Gasteiger partial charge is 0.242 e. The molecular weight excluding hydrogens is 392 g/mol. The molecule has 3 atom stereocenters. The summed E-state index contributed by atoms with van der Waals surface area (Å²) in [6, 6.07) is 3.73. The van der Waals surface area contributed by atoms with Crippen molar-refractivity contribution < 1.29 is 18.7 Å². The minimum Gasteiger partial charge on any atom is -0.467 e. The Morgan fingerprint density at radius 1 is 1.23 bits per heavy atom. The van der Waals surface area contributed by atoms with Gasteiger partial charge in [-0.05, 0) is 56.1 Å². The zero-order valence-electron chi connectivity index (χ0n) is 20.4. The molecule has 0 N–H and O–H groups in total.